The fourth-order valence-electron chi connectivity index (χ4n) is 3.54. The Balaban J connectivity index is 1.91. The van der Waals surface area contributed by atoms with E-state index in [0.29, 0.717) is 17.0 Å². The number of hydrogen-bond acceptors (Lipinski definition) is 4. The summed E-state index contributed by atoms with van der Waals surface area (Å²) in [6.45, 7) is 0. The van der Waals surface area contributed by atoms with Gasteiger partial charge in [-0.25, -0.2) is 0 Å². The normalized spacial score (nSPS) is 18.1. The monoisotopic (exact) mass is 385 g/mol. The molecule has 144 valence electrons. The lowest BCUT2D eigenvalue weighted by molar-refractivity contribution is -0.132. The van der Waals surface area contributed by atoms with Crippen LogP contribution in [0.2, 0.25) is 0 Å². The lowest BCUT2D eigenvalue weighted by Crippen LogP contribution is -2.29. The smallest absolute Gasteiger partial charge is 0.300 e. The van der Waals surface area contributed by atoms with E-state index in [1.807, 2.05) is 36.4 Å². The van der Waals surface area contributed by atoms with E-state index in [2.05, 4.69) is 0 Å². The molecule has 1 saturated heterocycles. The van der Waals surface area contributed by atoms with Gasteiger partial charge in [-0.05, 0) is 29.8 Å². The van der Waals surface area contributed by atoms with Gasteiger partial charge in [0.05, 0.1) is 18.7 Å². The van der Waals surface area contributed by atoms with Crippen LogP contribution in [0.4, 0.5) is 5.69 Å². The maximum absolute atomic E-state index is 13.0. The number of nitrogens with zero attached hydrogens (tertiary/aromatic N) is 1. The molecule has 1 N–H and O–H groups in total. The molecular weight excluding hydrogens is 366 g/mol. The summed E-state index contributed by atoms with van der Waals surface area (Å²) in [4.78, 5) is 27.4. The minimum Gasteiger partial charge on any atom is -0.507 e. The van der Waals surface area contributed by atoms with E-state index in [4.69, 9.17) is 4.74 Å². The highest BCUT2D eigenvalue weighted by Crippen LogP contribution is 2.42. The largest absolute Gasteiger partial charge is 0.507 e. The molecule has 0 aromatic heterocycles. The van der Waals surface area contributed by atoms with E-state index >= 15 is 0 Å². The number of ether oxygens (including phenoxy) is 1. The van der Waals surface area contributed by atoms with E-state index < -0.39 is 17.7 Å². The summed E-state index contributed by atoms with van der Waals surface area (Å²) in [5.74, 6) is -0.933. The second-order valence-corrected chi connectivity index (χ2v) is 6.64. The second kappa shape index (κ2) is 7.64. The second-order valence-electron chi connectivity index (χ2n) is 6.64. The fraction of sp³-hybridized carbons (Fsp3) is 0.0833. The predicted molar refractivity (Wildman–Crippen MR) is 111 cm³/mol. The number of anilines is 1. The molecule has 0 unspecified atom stereocenters. The van der Waals surface area contributed by atoms with Gasteiger partial charge in [-0.1, -0.05) is 60.7 Å². The standard InChI is InChI=1S/C24H19NO4/c1-29-19-14-12-18(13-15-19)25-21(16-8-4-2-5-9-16)20(23(27)24(25)28)22(26)17-10-6-3-7-11-17/h2-15,21,26H,1H3/b22-20+/t21-/m1/s1. The Labute approximate surface area is 168 Å². The van der Waals surface area contributed by atoms with Gasteiger partial charge in [0.2, 0.25) is 0 Å². The van der Waals surface area contributed by atoms with Gasteiger partial charge in [-0.15, -0.1) is 0 Å². The van der Waals surface area contributed by atoms with Crippen molar-refractivity contribution in [1.29, 1.82) is 0 Å². The Bertz CT molecular complexity index is 1070. The third-order valence-corrected chi connectivity index (χ3v) is 4.96. The van der Waals surface area contributed by atoms with E-state index in [1.165, 1.54) is 4.90 Å². The fourth-order valence-corrected chi connectivity index (χ4v) is 3.54. The Hall–Kier alpha value is -3.86. The molecule has 0 radical (unpaired) electrons. The van der Waals surface area contributed by atoms with Crippen LogP contribution < -0.4 is 9.64 Å². The third-order valence-electron chi connectivity index (χ3n) is 4.96. The van der Waals surface area contributed by atoms with E-state index in [-0.39, 0.29) is 11.3 Å². The van der Waals surface area contributed by atoms with Gasteiger partial charge in [0, 0.05) is 11.3 Å². The third kappa shape index (κ3) is 3.27. The molecule has 0 bridgehead atoms. The molecule has 1 atom stereocenters. The number of rotatable bonds is 4. The van der Waals surface area contributed by atoms with Gasteiger partial charge in [0.25, 0.3) is 11.7 Å². The Morgan fingerprint density at radius 3 is 2.03 bits per heavy atom. The number of ketones is 1. The van der Waals surface area contributed by atoms with Crippen LogP contribution in [-0.2, 0) is 9.59 Å². The quantitative estimate of drug-likeness (QED) is 0.413. The van der Waals surface area contributed by atoms with Crippen molar-refractivity contribution in [2.45, 2.75) is 6.04 Å². The first kappa shape index (κ1) is 18.5. The topological polar surface area (TPSA) is 66.8 Å². The van der Waals surface area contributed by atoms with Crippen molar-refractivity contribution in [1.82, 2.24) is 0 Å². The molecule has 0 aliphatic carbocycles. The summed E-state index contributed by atoms with van der Waals surface area (Å²) in [7, 11) is 1.56. The molecule has 1 aliphatic heterocycles. The molecule has 1 heterocycles. The van der Waals surface area contributed by atoms with Crippen LogP contribution in [0.5, 0.6) is 5.75 Å². The van der Waals surface area contributed by atoms with Crippen LogP contribution in [-0.4, -0.2) is 23.9 Å². The van der Waals surface area contributed by atoms with E-state index in [9.17, 15) is 14.7 Å². The van der Waals surface area contributed by atoms with Crippen LogP contribution in [0.15, 0.2) is 90.5 Å². The summed E-state index contributed by atoms with van der Waals surface area (Å²) in [5, 5.41) is 10.9. The maximum Gasteiger partial charge on any atom is 0.300 e. The number of carbonyl (C=O) groups excluding carboxylic acids is 2. The highest BCUT2D eigenvalue weighted by atomic mass is 16.5. The summed E-state index contributed by atoms with van der Waals surface area (Å²) >= 11 is 0. The van der Waals surface area contributed by atoms with Gasteiger partial charge in [0.1, 0.15) is 11.5 Å². The summed E-state index contributed by atoms with van der Waals surface area (Å²) in [6, 6.07) is 24.2. The van der Waals surface area contributed by atoms with Crippen molar-refractivity contribution >= 4 is 23.1 Å². The first-order valence-electron chi connectivity index (χ1n) is 9.17. The zero-order valence-electron chi connectivity index (χ0n) is 15.8. The number of aliphatic hydroxyl groups excluding tert-OH is 1. The van der Waals surface area contributed by atoms with Crippen LogP contribution in [0, 0.1) is 0 Å². The van der Waals surface area contributed by atoms with Crippen LogP contribution >= 0.6 is 0 Å². The number of Topliss-reactive ketones (excluding diaryl/α,β-unsaturated/α-hetero) is 1. The van der Waals surface area contributed by atoms with Crippen molar-refractivity contribution in [3.63, 3.8) is 0 Å². The summed E-state index contributed by atoms with van der Waals surface area (Å²) in [6.07, 6.45) is 0. The number of methoxy groups -OCH3 is 1. The molecule has 3 aromatic carbocycles. The molecule has 1 fully saturated rings. The van der Waals surface area contributed by atoms with Gasteiger partial charge >= 0.3 is 0 Å². The zero-order chi connectivity index (χ0) is 20.4. The van der Waals surface area contributed by atoms with Crippen molar-refractivity contribution < 1.29 is 19.4 Å². The lowest BCUT2D eigenvalue weighted by Gasteiger charge is -2.25. The number of amides is 1. The van der Waals surface area contributed by atoms with Crippen molar-refractivity contribution in [3.05, 3.63) is 102 Å². The molecule has 3 aromatic rings. The van der Waals surface area contributed by atoms with Crippen molar-refractivity contribution in [3.8, 4) is 5.75 Å². The Morgan fingerprint density at radius 2 is 1.45 bits per heavy atom. The van der Waals surface area contributed by atoms with E-state index in [0.717, 1.165) is 5.56 Å². The number of benzene rings is 3. The number of hydrogen-bond donors (Lipinski definition) is 1. The predicted octanol–water partition coefficient (Wildman–Crippen LogP) is 4.32. The molecule has 5 heteroatoms. The number of carbonyl (C=O) groups is 2. The molecule has 5 nitrogen and oxygen atoms in total. The number of aliphatic hydroxyl groups is 1. The Morgan fingerprint density at radius 1 is 0.862 bits per heavy atom. The molecule has 0 spiro atoms. The molecular formula is C24H19NO4. The van der Waals surface area contributed by atoms with Crippen molar-refractivity contribution in [2.75, 3.05) is 12.0 Å². The molecule has 0 saturated carbocycles. The highest BCUT2D eigenvalue weighted by Gasteiger charge is 2.46. The average Bonchev–Trinajstić information content (AvgIpc) is 3.05. The summed E-state index contributed by atoms with van der Waals surface area (Å²) < 4.78 is 5.19. The SMILES string of the molecule is COc1ccc(N2C(=O)C(=O)/C(=C(/O)c3ccccc3)[C@H]2c2ccccc2)cc1. The van der Waals surface area contributed by atoms with Gasteiger partial charge in [-0.3, -0.25) is 14.5 Å². The summed E-state index contributed by atoms with van der Waals surface area (Å²) in [5.41, 5.74) is 1.85. The average molecular weight is 385 g/mol. The Kier molecular flexibility index (Phi) is 4.87. The first-order valence-corrected chi connectivity index (χ1v) is 9.17. The van der Waals surface area contributed by atoms with Crippen LogP contribution in [0.25, 0.3) is 5.76 Å². The van der Waals surface area contributed by atoms with Gasteiger partial charge in [0.15, 0.2) is 0 Å². The van der Waals surface area contributed by atoms with E-state index in [1.54, 1.807) is 55.6 Å². The lowest BCUT2D eigenvalue weighted by atomic mass is 9.95. The minimum absolute atomic E-state index is 0.0724. The van der Waals surface area contributed by atoms with Crippen LogP contribution in [0.3, 0.4) is 0 Å². The minimum atomic E-state index is -0.732. The molecule has 29 heavy (non-hydrogen) atoms. The molecule has 1 aliphatic rings. The molecule has 4 rings (SSSR count). The van der Waals surface area contributed by atoms with Gasteiger partial charge in [-0.2, -0.15) is 0 Å². The zero-order valence-corrected chi connectivity index (χ0v) is 15.8. The first-order chi connectivity index (χ1) is 14.1. The van der Waals surface area contributed by atoms with Crippen LogP contribution in [0.1, 0.15) is 17.2 Å². The highest BCUT2D eigenvalue weighted by molar-refractivity contribution is 6.51. The molecule has 1 amide bonds. The maximum atomic E-state index is 13.0. The van der Waals surface area contributed by atoms with Crippen molar-refractivity contribution in [2.24, 2.45) is 0 Å². The van der Waals surface area contributed by atoms with Gasteiger partial charge < -0.3 is 9.84 Å².